The molecule has 0 saturated heterocycles. The van der Waals surface area contributed by atoms with Gasteiger partial charge in [0.25, 0.3) is 5.91 Å². The van der Waals surface area contributed by atoms with E-state index in [2.05, 4.69) is 30.6 Å². The standard InChI is InChI=1S/C22H23FN6O/c1-13-12-26-20(14(2)27-13)28-18-5-3-6-19(18)29-22(30)17-11-15(23)7-8-16(17)21-24-9-4-10-25-21/h4,7-12,18-19H,3,5-6H2,1-2H3,(H,26,28)(H,29,30)/t18-,19-/m0/s1. The van der Waals surface area contributed by atoms with E-state index in [1.54, 1.807) is 24.7 Å². The van der Waals surface area contributed by atoms with Crippen molar-refractivity contribution in [1.29, 1.82) is 0 Å². The van der Waals surface area contributed by atoms with Gasteiger partial charge in [0.2, 0.25) is 0 Å². The van der Waals surface area contributed by atoms with Crippen LogP contribution in [0.15, 0.2) is 42.9 Å². The molecule has 154 valence electrons. The van der Waals surface area contributed by atoms with Crippen LogP contribution in [-0.2, 0) is 0 Å². The SMILES string of the molecule is Cc1cnc(N[C@H]2CCC[C@@H]2NC(=O)c2cc(F)ccc2-c2ncccn2)c(C)n1. The van der Waals surface area contributed by atoms with E-state index in [-0.39, 0.29) is 23.6 Å². The molecule has 0 bridgehead atoms. The second-order valence-corrected chi connectivity index (χ2v) is 7.47. The van der Waals surface area contributed by atoms with Gasteiger partial charge in [0.05, 0.1) is 23.1 Å². The maximum atomic E-state index is 13.9. The summed E-state index contributed by atoms with van der Waals surface area (Å²) in [7, 11) is 0. The van der Waals surface area contributed by atoms with E-state index in [0.717, 1.165) is 36.5 Å². The molecule has 2 N–H and O–H groups in total. The summed E-state index contributed by atoms with van der Waals surface area (Å²) in [6.07, 6.45) is 7.60. The predicted octanol–water partition coefficient (Wildman–Crippen LogP) is 3.45. The summed E-state index contributed by atoms with van der Waals surface area (Å²) in [6, 6.07) is 5.68. The van der Waals surface area contributed by atoms with Crippen molar-refractivity contribution in [2.24, 2.45) is 0 Å². The Morgan fingerprint density at radius 3 is 2.63 bits per heavy atom. The monoisotopic (exact) mass is 406 g/mol. The Labute approximate surface area is 174 Å². The summed E-state index contributed by atoms with van der Waals surface area (Å²) >= 11 is 0. The van der Waals surface area contributed by atoms with Crippen LogP contribution in [0.5, 0.6) is 0 Å². The van der Waals surface area contributed by atoms with Crippen molar-refractivity contribution in [1.82, 2.24) is 25.3 Å². The lowest BCUT2D eigenvalue weighted by atomic mass is 10.0. The number of hydrogen-bond donors (Lipinski definition) is 2. The molecule has 1 amide bonds. The maximum Gasteiger partial charge on any atom is 0.252 e. The molecule has 7 nitrogen and oxygen atoms in total. The highest BCUT2D eigenvalue weighted by Crippen LogP contribution is 2.26. The molecule has 0 unspecified atom stereocenters. The van der Waals surface area contributed by atoms with Gasteiger partial charge in [-0.3, -0.25) is 9.78 Å². The van der Waals surface area contributed by atoms with E-state index in [1.807, 2.05) is 13.8 Å². The zero-order valence-corrected chi connectivity index (χ0v) is 16.9. The largest absolute Gasteiger partial charge is 0.364 e. The Bertz CT molecular complexity index is 1060. The number of amides is 1. The Morgan fingerprint density at radius 1 is 1.10 bits per heavy atom. The molecular formula is C22H23FN6O. The van der Waals surface area contributed by atoms with E-state index in [4.69, 9.17) is 0 Å². The van der Waals surface area contributed by atoms with Crippen molar-refractivity contribution >= 4 is 11.7 Å². The number of aryl methyl sites for hydroxylation is 2. The maximum absolute atomic E-state index is 13.9. The fraction of sp³-hybridized carbons (Fsp3) is 0.318. The average molecular weight is 406 g/mol. The number of anilines is 1. The number of halogens is 1. The van der Waals surface area contributed by atoms with Gasteiger partial charge in [-0.1, -0.05) is 0 Å². The van der Waals surface area contributed by atoms with Gasteiger partial charge >= 0.3 is 0 Å². The second-order valence-electron chi connectivity index (χ2n) is 7.47. The van der Waals surface area contributed by atoms with Gasteiger partial charge in [-0.15, -0.1) is 0 Å². The van der Waals surface area contributed by atoms with Crippen LogP contribution in [0.25, 0.3) is 11.4 Å². The molecule has 4 rings (SSSR count). The Balaban J connectivity index is 1.54. The van der Waals surface area contributed by atoms with Crippen molar-refractivity contribution < 1.29 is 9.18 Å². The van der Waals surface area contributed by atoms with Crippen molar-refractivity contribution in [3.05, 3.63) is 65.6 Å². The van der Waals surface area contributed by atoms with Gasteiger partial charge in [0.1, 0.15) is 11.6 Å². The number of nitrogens with zero attached hydrogens (tertiary/aromatic N) is 4. The fourth-order valence-corrected chi connectivity index (χ4v) is 3.80. The lowest BCUT2D eigenvalue weighted by molar-refractivity contribution is 0.0936. The highest BCUT2D eigenvalue weighted by Gasteiger charge is 2.30. The highest BCUT2D eigenvalue weighted by atomic mass is 19.1. The van der Waals surface area contributed by atoms with Crippen molar-refractivity contribution in [3.63, 3.8) is 0 Å². The summed E-state index contributed by atoms with van der Waals surface area (Å²) in [5.74, 6) is 0.277. The molecule has 0 radical (unpaired) electrons. The van der Waals surface area contributed by atoms with Crippen LogP contribution >= 0.6 is 0 Å². The van der Waals surface area contributed by atoms with Crippen LogP contribution in [0.4, 0.5) is 10.2 Å². The lowest BCUT2D eigenvalue weighted by Crippen LogP contribution is -2.43. The quantitative estimate of drug-likeness (QED) is 0.674. The number of rotatable bonds is 5. The van der Waals surface area contributed by atoms with Gasteiger partial charge in [-0.05, 0) is 57.4 Å². The minimum Gasteiger partial charge on any atom is -0.364 e. The van der Waals surface area contributed by atoms with Crippen LogP contribution in [0.3, 0.4) is 0 Å². The molecule has 1 aliphatic carbocycles. The molecule has 0 spiro atoms. The third-order valence-electron chi connectivity index (χ3n) is 5.25. The molecule has 2 heterocycles. The number of hydrogen-bond acceptors (Lipinski definition) is 6. The first-order chi connectivity index (χ1) is 14.5. The third-order valence-corrected chi connectivity index (χ3v) is 5.25. The minimum atomic E-state index is -0.480. The zero-order valence-electron chi connectivity index (χ0n) is 16.9. The fourth-order valence-electron chi connectivity index (χ4n) is 3.80. The summed E-state index contributed by atoms with van der Waals surface area (Å²) in [4.78, 5) is 30.3. The highest BCUT2D eigenvalue weighted by molar-refractivity contribution is 6.00. The van der Waals surface area contributed by atoms with Crippen LogP contribution in [0, 0.1) is 19.7 Å². The third kappa shape index (κ3) is 4.27. The molecule has 1 saturated carbocycles. The summed E-state index contributed by atoms with van der Waals surface area (Å²) in [5, 5.41) is 6.48. The van der Waals surface area contributed by atoms with E-state index < -0.39 is 5.82 Å². The van der Waals surface area contributed by atoms with Gasteiger partial charge in [-0.25, -0.2) is 19.3 Å². The molecule has 2 atom stereocenters. The molecule has 2 aromatic heterocycles. The van der Waals surface area contributed by atoms with E-state index >= 15 is 0 Å². The normalized spacial score (nSPS) is 18.2. The summed E-state index contributed by atoms with van der Waals surface area (Å²) < 4.78 is 13.9. The van der Waals surface area contributed by atoms with Crippen LogP contribution in [0.2, 0.25) is 0 Å². The van der Waals surface area contributed by atoms with E-state index in [0.29, 0.717) is 11.4 Å². The smallest absolute Gasteiger partial charge is 0.252 e. The number of carbonyl (C=O) groups is 1. The molecule has 0 aliphatic heterocycles. The van der Waals surface area contributed by atoms with Crippen molar-refractivity contribution in [2.45, 2.75) is 45.2 Å². The first kappa shape index (κ1) is 19.9. The number of nitrogens with one attached hydrogen (secondary N) is 2. The van der Waals surface area contributed by atoms with Crippen LogP contribution in [0.1, 0.15) is 41.0 Å². The Morgan fingerprint density at radius 2 is 1.87 bits per heavy atom. The molecule has 3 aromatic rings. The van der Waals surface area contributed by atoms with E-state index in [9.17, 15) is 9.18 Å². The van der Waals surface area contributed by atoms with Gasteiger partial charge < -0.3 is 10.6 Å². The van der Waals surface area contributed by atoms with Crippen molar-refractivity contribution in [2.75, 3.05) is 5.32 Å². The topological polar surface area (TPSA) is 92.7 Å². The lowest BCUT2D eigenvalue weighted by Gasteiger charge is -2.23. The number of carbonyl (C=O) groups excluding carboxylic acids is 1. The zero-order chi connectivity index (χ0) is 21.1. The number of benzene rings is 1. The van der Waals surface area contributed by atoms with Gasteiger partial charge in [-0.2, -0.15) is 0 Å². The molecule has 1 aromatic carbocycles. The predicted molar refractivity (Wildman–Crippen MR) is 111 cm³/mol. The Kier molecular flexibility index (Phi) is 5.65. The summed E-state index contributed by atoms with van der Waals surface area (Å²) in [5.41, 5.74) is 2.40. The molecule has 30 heavy (non-hydrogen) atoms. The van der Waals surface area contributed by atoms with Gasteiger partial charge in [0.15, 0.2) is 5.82 Å². The molecular weight excluding hydrogens is 383 g/mol. The van der Waals surface area contributed by atoms with Crippen LogP contribution in [-0.4, -0.2) is 37.9 Å². The van der Waals surface area contributed by atoms with Crippen LogP contribution < -0.4 is 10.6 Å². The number of aromatic nitrogens is 4. The molecule has 1 fully saturated rings. The molecule has 1 aliphatic rings. The second kappa shape index (κ2) is 8.52. The van der Waals surface area contributed by atoms with E-state index in [1.165, 1.54) is 18.2 Å². The molecule has 8 heteroatoms. The first-order valence-electron chi connectivity index (χ1n) is 9.96. The van der Waals surface area contributed by atoms with Crippen molar-refractivity contribution in [3.8, 4) is 11.4 Å². The summed E-state index contributed by atoms with van der Waals surface area (Å²) in [6.45, 7) is 3.80. The van der Waals surface area contributed by atoms with Gasteiger partial charge in [0, 0.05) is 30.0 Å². The average Bonchev–Trinajstić information content (AvgIpc) is 3.17. The minimum absolute atomic E-state index is 0.0228. The Hall–Kier alpha value is -3.42. The first-order valence-corrected chi connectivity index (χ1v) is 9.96.